The molecule has 14 heavy (non-hydrogen) atoms. The van der Waals surface area contributed by atoms with Crippen LogP contribution in [0.1, 0.15) is 12.0 Å². The molecule has 2 radical (unpaired) electrons. The van der Waals surface area contributed by atoms with E-state index < -0.39 is 0 Å². The molecule has 0 bridgehead atoms. The molecule has 0 aromatic heterocycles. The average molecular weight is 185 g/mol. The highest BCUT2D eigenvalue weighted by Crippen LogP contribution is 2.12. The Bertz CT molecular complexity index is 313. The molecule has 0 spiro atoms. The van der Waals surface area contributed by atoms with Gasteiger partial charge in [-0.1, -0.05) is 42.0 Å². The van der Waals surface area contributed by atoms with Crippen LogP contribution in [-0.4, -0.2) is 18.0 Å². The Labute approximate surface area is 86.1 Å². The minimum absolute atomic E-state index is 0.912. The van der Waals surface area contributed by atoms with Gasteiger partial charge in [-0.15, -0.1) is 0 Å². The quantitative estimate of drug-likeness (QED) is 0.684. The van der Waals surface area contributed by atoms with E-state index in [1.54, 1.807) is 0 Å². The summed E-state index contributed by atoms with van der Waals surface area (Å²) in [5, 5.41) is 0. The summed E-state index contributed by atoms with van der Waals surface area (Å²) in [6.45, 7) is 8.84. The van der Waals surface area contributed by atoms with Gasteiger partial charge in [-0.05, 0) is 18.9 Å². The molecule has 1 aliphatic rings. The zero-order valence-electron chi connectivity index (χ0n) is 8.32. The Hall–Kier alpha value is -1.08. The third kappa shape index (κ3) is 2.46. The lowest BCUT2D eigenvalue weighted by atomic mass is 10.1. The smallest absolute Gasteiger partial charge is 0.0237 e. The summed E-state index contributed by atoms with van der Waals surface area (Å²) in [6.07, 6.45) is 3.21. The van der Waals surface area contributed by atoms with E-state index in [2.05, 4.69) is 35.2 Å². The maximum Gasteiger partial charge on any atom is 0.0237 e. The van der Waals surface area contributed by atoms with Crippen molar-refractivity contribution in [3.8, 4) is 0 Å². The van der Waals surface area contributed by atoms with Gasteiger partial charge in [0.25, 0.3) is 0 Å². The van der Waals surface area contributed by atoms with E-state index in [0.717, 1.165) is 31.6 Å². The Morgan fingerprint density at radius 2 is 2.00 bits per heavy atom. The molecule has 0 fully saturated rings. The lowest BCUT2D eigenvalue weighted by molar-refractivity contribution is 0.285. The molecule has 0 unspecified atom stereocenters. The van der Waals surface area contributed by atoms with Gasteiger partial charge >= 0.3 is 0 Å². The van der Waals surface area contributed by atoms with Gasteiger partial charge in [0.15, 0.2) is 0 Å². The van der Waals surface area contributed by atoms with E-state index in [1.807, 2.05) is 6.07 Å². The van der Waals surface area contributed by atoms with Crippen molar-refractivity contribution in [3.63, 3.8) is 0 Å². The highest BCUT2D eigenvalue weighted by Gasteiger charge is 2.09. The Morgan fingerprint density at radius 1 is 1.21 bits per heavy atom. The number of nitrogens with zero attached hydrogens (tertiary/aromatic N) is 1. The van der Waals surface area contributed by atoms with E-state index in [9.17, 15) is 0 Å². The van der Waals surface area contributed by atoms with Crippen LogP contribution in [0, 0.1) is 6.92 Å². The van der Waals surface area contributed by atoms with Gasteiger partial charge in [0.2, 0.25) is 0 Å². The molecule has 0 amide bonds. The second kappa shape index (κ2) is 4.43. The summed E-state index contributed by atoms with van der Waals surface area (Å²) < 4.78 is 0. The molecule has 0 atom stereocenters. The summed E-state index contributed by atoms with van der Waals surface area (Å²) >= 11 is 0. The minimum Gasteiger partial charge on any atom is -0.295 e. The van der Waals surface area contributed by atoms with Crippen LogP contribution in [0.5, 0.6) is 0 Å². The van der Waals surface area contributed by atoms with Crippen molar-refractivity contribution in [1.29, 1.82) is 0 Å². The fraction of sp³-hybridized carbons (Fsp3) is 0.308. The van der Waals surface area contributed by atoms with E-state index in [4.69, 9.17) is 6.92 Å². The zero-order chi connectivity index (χ0) is 9.80. The van der Waals surface area contributed by atoms with Crippen molar-refractivity contribution in [2.75, 3.05) is 13.1 Å². The summed E-state index contributed by atoms with van der Waals surface area (Å²) in [7, 11) is 0. The molecular formula is C13H15N. The SMILES string of the molecule is [CH]C1=CCCN(Cc2ccccc2)C1. The Balaban J connectivity index is 1.96. The molecule has 1 heterocycles. The molecule has 1 aliphatic heterocycles. The van der Waals surface area contributed by atoms with Gasteiger partial charge in [0, 0.05) is 19.6 Å². The number of hydrogen-bond donors (Lipinski definition) is 0. The van der Waals surface area contributed by atoms with Gasteiger partial charge in [-0.2, -0.15) is 0 Å². The number of hydrogen-bond acceptors (Lipinski definition) is 1. The summed E-state index contributed by atoms with van der Waals surface area (Å²) in [5.74, 6) is 0. The van der Waals surface area contributed by atoms with Crippen molar-refractivity contribution in [2.24, 2.45) is 0 Å². The van der Waals surface area contributed by atoms with Gasteiger partial charge < -0.3 is 0 Å². The van der Waals surface area contributed by atoms with Crippen LogP contribution in [-0.2, 0) is 6.54 Å². The normalized spacial score (nSPS) is 17.9. The molecule has 0 saturated heterocycles. The van der Waals surface area contributed by atoms with Crippen molar-refractivity contribution < 1.29 is 0 Å². The zero-order valence-corrected chi connectivity index (χ0v) is 8.32. The minimum atomic E-state index is 0.912. The molecule has 2 rings (SSSR count). The van der Waals surface area contributed by atoms with E-state index >= 15 is 0 Å². The van der Waals surface area contributed by atoms with Gasteiger partial charge in [0.05, 0.1) is 0 Å². The molecule has 72 valence electrons. The van der Waals surface area contributed by atoms with Gasteiger partial charge in [-0.3, -0.25) is 4.90 Å². The Kier molecular flexibility index (Phi) is 3.00. The molecular weight excluding hydrogens is 170 g/mol. The monoisotopic (exact) mass is 185 g/mol. The van der Waals surface area contributed by atoms with Crippen molar-refractivity contribution in [1.82, 2.24) is 4.90 Å². The molecule has 0 saturated carbocycles. The fourth-order valence-electron chi connectivity index (χ4n) is 1.81. The first kappa shape index (κ1) is 9.47. The molecule has 1 nitrogen and oxygen atoms in total. The molecule has 1 aromatic carbocycles. The lowest BCUT2D eigenvalue weighted by Crippen LogP contribution is -2.28. The van der Waals surface area contributed by atoms with Gasteiger partial charge in [-0.25, -0.2) is 0 Å². The maximum atomic E-state index is 5.80. The molecule has 0 N–H and O–H groups in total. The van der Waals surface area contributed by atoms with Crippen LogP contribution < -0.4 is 0 Å². The summed E-state index contributed by atoms with van der Waals surface area (Å²) in [6, 6.07) is 10.5. The molecule has 1 heteroatoms. The number of benzene rings is 1. The summed E-state index contributed by atoms with van der Waals surface area (Å²) in [5.41, 5.74) is 2.37. The largest absolute Gasteiger partial charge is 0.295 e. The third-order valence-corrected chi connectivity index (χ3v) is 2.51. The molecule has 1 aromatic rings. The maximum absolute atomic E-state index is 5.80. The average Bonchev–Trinajstić information content (AvgIpc) is 2.19. The van der Waals surface area contributed by atoms with Crippen LogP contribution >= 0.6 is 0 Å². The van der Waals surface area contributed by atoms with Crippen LogP contribution in [0.25, 0.3) is 0 Å². The fourth-order valence-corrected chi connectivity index (χ4v) is 1.81. The first-order chi connectivity index (χ1) is 6.84. The first-order valence-electron chi connectivity index (χ1n) is 5.05. The van der Waals surface area contributed by atoms with E-state index in [-0.39, 0.29) is 0 Å². The van der Waals surface area contributed by atoms with Crippen LogP contribution in [0.15, 0.2) is 42.0 Å². The number of rotatable bonds is 2. The Morgan fingerprint density at radius 3 is 2.71 bits per heavy atom. The van der Waals surface area contributed by atoms with Crippen LogP contribution in [0.2, 0.25) is 0 Å². The lowest BCUT2D eigenvalue weighted by Gasteiger charge is -2.25. The topological polar surface area (TPSA) is 3.24 Å². The van der Waals surface area contributed by atoms with E-state index in [1.165, 1.54) is 5.56 Å². The summed E-state index contributed by atoms with van der Waals surface area (Å²) in [4.78, 5) is 2.38. The highest BCUT2D eigenvalue weighted by atomic mass is 15.1. The second-order valence-electron chi connectivity index (χ2n) is 3.76. The van der Waals surface area contributed by atoms with Gasteiger partial charge in [0.1, 0.15) is 0 Å². The van der Waals surface area contributed by atoms with E-state index in [0.29, 0.717) is 0 Å². The second-order valence-corrected chi connectivity index (χ2v) is 3.76. The highest BCUT2D eigenvalue weighted by molar-refractivity contribution is 5.16. The standard InChI is InChI=1S/C13H15N/c1-12-6-5-9-14(10-12)11-13-7-3-2-4-8-13/h1-4,6-8H,5,9-11H2. The predicted octanol–water partition coefficient (Wildman–Crippen LogP) is 2.53. The first-order valence-corrected chi connectivity index (χ1v) is 5.05. The third-order valence-electron chi connectivity index (χ3n) is 2.51. The molecule has 0 aliphatic carbocycles. The van der Waals surface area contributed by atoms with Crippen molar-refractivity contribution in [3.05, 3.63) is 54.5 Å². The van der Waals surface area contributed by atoms with Crippen LogP contribution in [0.3, 0.4) is 0 Å². The van der Waals surface area contributed by atoms with Crippen LogP contribution in [0.4, 0.5) is 0 Å². The van der Waals surface area contributed by atoms with Crippen molar-refractivity contribution in [2.45, 2.75) is 13.0 Å². The van der Waals surface area contributed by atoms with Crippen molar-refractivity contribution >= 4 is 0 Å². The predicted molar refractivity (Wildman–Crippen MR) is 58.7 cm³/mol.